The number of halogens is 1. The van der Waals surface area contributed by atoms with Gasteiger partial charge in [0.2, 0.25) is 0 Å². The van der Waals surface area contributed by atoms with Crippen molar-refractivity contribution in [2.45, 2.75) is 20.5 Å². The van der Waals surface area contributed by atoms with Gasteiger partial charge in [-0.1, -0.05) is 11.6 Å². The van der Waals surface area contributed by atoms with Gasteiger partial charge in [0, 0.05) is 33.0 Å². The quantitative estimate of drug-likeness (QED) is 0.371. The summed E-state index contributed by atoms with van der Waals surface area (Å²) in [4.78, 5) is 24.6. The van der Waals surface area contributed by atoms with E-state index >= 15 is 0 Å². The Labute approximate surface area is 153 Å². The van der Waals surface area contributed by atoms with E-state index in [4.69, 9.17) is 20.8 Å². The first-order chi connectivity index (χ1) is 11.9. The number of thiophene rings is 1. The lowest BCUT2D eigenvalue weighted by molar-refractivity contribution is -0.138. The molecule has 0 bridgehead atoms. The van der Waals surface area contributed by atoms with Gasteiger partial charge >= 0.3 is 11.6 Å². The molecule has 0 aliphatic carbocycles. The minimum atomic E-state index is -0.495. The molecule has 0 saturated carbocycles. The summed E-state index contributed by atoms with van der Waals surface area (Å²) < 4.78 is 10.4. The third kappa shape index (κ3) is 4.00. The Morgan fingerprint density at radius 1 is 1.28 bits per heavy atom. The van der Waals surface area contributed by atoms with E-state index in [0.29, 0.717) is 21.6 Å². The fourth-order valence-electron chi connectivity index (χ4n) is 2.36. The molecule has 0 saturated heterocycles. The van der Waals surface area contributed by atoms with E-state index < -0.39 is 11.6 Å². The largest absolute Gasteiger partial charge is 0.458 e. The maximum absolute atomic E-state index is 11.9. The number of esters is 1. The zero-order chi connectivity index (χ0) is 18.0. The van der Waals surface area contributed by atoms with Crippen LogP contribution < -0.4 is 5.63 Å². The van der Waals surface area contributed by atoms with Gasteiger partial charge in [-0.15, -0.1) is 11.3 Å². The Morgan fingerprint density at radius 3 is 2.80 bits per heavy atom. The van der Waals surface area contributed by atoms with Crippen LogP contribution in [0.1, 0.15) is 21.6 Å². The SMILES string of the molecule is Cc1cc2oc(=O)cc(COC(=O)/C=C/c3sccc3C)c2cc1Cl. The minimum absolute atomic E-state index is 0.0336. The molecule has 2 heterocycles. The molecule has 0 radical (unpaired) electrons. The molecule has 25 heavy (non-hydrogen) atoms. The Balaban J connectivity index is 1.80. The van der Waals surface area contributed by atoms with Crippen LogP contribution in [0.5, 0.6) is 0 Å². The Hall–Kier alpha value is -2.37. The molecule has 1 aromatic carbocycles. The number of ether oxygens (including phenoxy) is 1. The number of hydrogen-bond acceptors (Lipinski definition) is 5. The van der Waals surface area contributed by atoms with Crippen molar-refractivity contribution >= 4 is 46.0 Å². The van der Waals surface area contributed by atoms with Crippen molar-refractivity contribution in [3.05, 3.63) is 72.7 Å². The van der Waals surface area contributed by atoms with Gasteiger partial charge in [0.05, 0.1) is 0 Å². The molecular formula is C19H15ClO4S. The standard InChI is InChI=1S/C19H15ClO4S/c1-11-5-6-25-17(11)3-4-18(21)23-10-13-8-19(22)24-16-7-12(2)15(20)9-14(13)16/h3-9H,10H2,1-2H3/b4-3+. The maximum Gasteiger partial charge on any atom is 0.336 e. The third-order valence-electron chi connectivity index (χ3n) is 3.75. The fourth-order valence-corrected chi connectivity index (χ4v) is 3.35. The van der Waals surface area contributed by atoms with Crippen molar-refractivity contribution in [1.29, 1.82) is 0 Å². The molecule has 128 valence electrons. The zero-order valence-corrected chi connectivity index (χ0v) is 15.2. The highest BCUT2D eigenvalue weighted by Crippen LogP contribution is 2.25. The molecule has 2 aromatic heterocycles. The summed E-state index contributed by atoms with van der Waals surface area (Å²) in [6, 6.07) is 6.71. The lowest BCUT2D eigenvalue weighted by Crippen LogP contribution is -2.05. The molecule has 0 aliphatic heterocycles. The molecular weight excluding hydrogens is 360 g/mol. The molecule has 0 fully saturated rings. The number of hydrogen-bond donors (Lipinski definition) is 0. The zero-order valence-electron chi connectivity index (χ0n) is 13.7. The number of aryl methyl sites for hydroxylation is 2. The topological polar surface area (TPSA) is 56.5 Å². The third-order valence-corrected chi connectivity index (χ3v) is 5.14. The average molecular weight is 375 g/mol. The second kappa shape index (κ2) is 7.25. The van der Waals surface area contributed by atoms with Crippen LogP contribution in [0.2, 0.25) is 5.02 Å². The number of carbonyl (C=O) groups excluding carboxylic acids is 1. The van der Waals surface area contributed by atoms with Gasteiger partial charge in [-0.2, -0.15) is 0 Å². The van der Waals surface area contributed by atoms with Crippen LogP contribution in [0, 0.1) is 13.8 Å². The maximum atomic E-state index is 11.9. The van der Waals surface area contributed by atoms with Crippen molar-refractivity contribution in [3.8, 4) is 0 Å². The van der Waals surface area contributed by atoms with Gasteiger partial charge in [-0.05, 0) is 54.6 Å². The number of fused-ring (bicyclic) bond motifs is 1. The number of rotatable bonds is 4. The van der Waals surface area contributed by atoms with Crippen LogP contribution in [-0.2, 0) is 16.1 Å². The van der Waals surface area contributed by atoms with Crippen molar-refractivity contribution in [2.75, 3.05) is 0 Å². The summed E-state index contributed by atoms with van der Waals surface area (Å²) in [6.45, 7) is 3.77. The van der Waals surface area contributed by atoms with E-state index in [2.05, 4.69) is 0 Å². The van der Waals surface area contributed by atoms with Crippen LogP contribution in [0.4, 0.5) is 0 Å². The molecule has 0 N–H and O–H groups in total. The van der Waals surface area contributed by atoms with E-state index in [-0.39, 0.29) is 6.61 Å². The van der Waals surface area contributed by atoms with Crippen molar-refractivity contribution < 1.29 is 13.9 Å². The van der Waals surface area contributed by atoms with Crippen molar-refractivity contribution in [3.63, 3.8) is 0 Å². The van der Waals surface area contributed by atoms with E-state index in [0.717, 1.165) is 16.0 Å². The molecule has 0 spiro atoms. The van der Waals surface area contributed by atoms with E-state index in [9.17, 15) is 9.59 Å². The van der Waals surface area contributed by atoms with Gasteiger partial charge in [-0.25, -0.2) is 9.59 Å². The first-order valence-electron chi connectivity index (χ1n) is 7.56. The highest BCUT2D eigenvalue weighted by molar-refractivity contribution is 7.11. The lowest BCUT2D eigenvalue weighted by Gasteiger charge is -2.07. The summed E-state index contributed by atoms with van der Waals surface area (Å²) in [5, 5.41) is 3.17. The highest BCUT2D eigenvalue weighted by Gasteiger charge is 2.10. The van der Waals surface area contributed by atoms with Gasteiger partial charge in [-0.3, -0.25) is 0 Å². The predicted molar refractivity (Wildman–Crippen MR) is 100 cm³/mol. The molecule has 0 unspecified atom stereocenters. The summed E-state index contributed by atoms with van der Waals surface area (Å²) >= 11 is 7.70. The van der Waals surface area contributed by atoms with Crippen molar-refractivity contribution in [2.24, 2.45) is 0 Å². The van der Waals surface area contributed by atoms with Crippen LogP contribution >= 0.6 is 22.9 Å². The van der Waals surface area contributed by atoms with E-state index in [1.807, 2.05) is 25.3 Å². The van der Waals surface area contributed by atoms with Crippen LogP contribution in [0.3, 0.4) is 0 Å². The normalized spacial score (nSPS) is 11.3. The summed E-state index contributed by atoms with van der Waals surface area (Å²) in [6.07, 6.45) is 3.10. The van der Waals surface area contributed by atoms with Gasteiger partial charge < -0.3 is 9.15 Å². The second-order valence-corrected chi connectivity index (χ2v) is 6.95. The Kier molecular flexibility index (Phi) is 5.06. The smallest absolute Gasteiger partial charge is 0.336 e. The molecule has 6 heteroatoms. The second-order valence-electron chi connectivity index (χ2n) is 5.60. The molecule has 3 rings (SSSR count). The minimum Gasteiger partial charge on any atom is -0.458 e. The highest BCUT2D eigenvalue weighted by atomic mass is 35.5. The Morgan fingerprint density at radius 2 is 2.08 bits per heavy atom. The predicted octanol–water partition coefficient (Wildman–Crippen LogP) is 4.88. The summed E-state index contributed by atoms with van der Waals surface area (Å²) in [7, 11) is 0. The molecule has 0 aliphatic rings. The fraction of sp³-hybridized carbons (Fsp3) is 0.158. The van der Waals surface area contributed by atoms with E-state index in [1.54, 1.807) is 29.5 Å². The number of carbonyl (C=O) groups is 1. The van der Waals surface area contributed by atoms with Gasteiger partial charge in [0.25, 0.3) is 0 Å². The number of benzene rings is 1. The van der Waals surface area contributed by atoms with E-state index in [1.165, 1.54) is 12.1 Å². The lowest BCUT2D eigenvalue weighted by atomic mass is 10.1. The van der Waals surface area contributed by atoms with Crippen LogP contribution in [-0.4, -0.2) is 5.97 Å². The molecule has 0 atom stereocenters. The molecule has 4 nitrogen and oxygen atoms in total. The summed E-state index contributed by atoms with van der Waals surface area (Å²) in [5.41, 5.74) is 2.39. The first-order valence-corrected chi connectivity index (χ1v) is 8.81. The first kappa shape index (κ1) is 17.5. The Bertz CT molecular complexity index is 1030. The average Bonchev–Trinajstić information content (AvgIpc) is 2.97. The van der Waals surface area contributed by atoms with Gasteiger partial charge in [0.1, 0.15) is 12.2 Å². The van der Waals surface area contributed by atoms with Crippen molar-refractivity contribution in [1.82, 2.24) is 0 Å². The van der Waals surface area contributed by atoms with Crippen LogP contribution in [0.25, 0.3) is 17.0 Å². The molecule has 0 amide bonds. The van der Waals surface area contributed by atoms with Gasteiger partial charge in [0.15, 0.2) is 0 Å². The monoisotopic (exact) mass is 374 g/mol. The summed E-state index contributed by atoms with van der Waals surface area (Å²) in [5.74, 6) is -0.479. The molecule has 3 aromatic rings. The van der Waals surface area contributed by atoms with Crippen LogP contribution in [0.15, 0.2) is 44.9 Å².